The summed E-state index contributed by atoms with van der Waals surface area (Å²) in [6.45, 7) is 5.86. The molecule has 0 aliphatic heterocycles. The lowest BCUT2D eigenvalue weighted by molar-refractivity contribution is 0.797. The smallest absolute Gasteiger partial charge is 0.128 e. The minimum atomic E-state index is 0.422. The lowest BCUT2D eigenvalue weighted by atomic mass is 10.1. The second kappa shape index (κ2) is 6.86. The molecule has 0 radical (unpaired) electrons. The number of likely N-dealkylation sites (N-methyl/N-ethyl adjacent to an activating group) is 1. The maximum absolute atomic E-state index is 5.79. The van der Waals surface area contributed by atoms with Crippen molar-refractivity contribution in [3.63, 3.8) is 0 Å². The Morgan fingerprint density at radius 2 is 2.15 bits per heavy atom. The summed E-state index contributed by atoms with van der Waals surface area (Å²) < 4.78 is 0. The van der Waals surface area contributed by atoms with Gasteiger partial charge < -0.3 is 10.6 Å². The fraction of sp³-hybridized carbons (Fsp3) is 0.438. The lowest BCUT2D eigenvalue weighted by Crippen LogP contribution is -2.22. The van der Waals surface area contributed by atoms with Crippen molar-refractivity contribution in [2.45, 2.75) is 32.7 Å². The first kappa shape index (κ1) is 15.0. The van der Waals surface area contributed by atoms with Gasteiger partial charge in [0.15, 0.2) is 0 Å². The molecule has 2 aromatic rings. The van der Waals surface area contributed by atoms with Gasteiger partial charge in [0.25, 0.3) is 0 Å². The summed E-state index contributed by atoms with van der Waals surface area (Å²) in [6.07, 6.45) is 1.06. The van der Waals surface area contributed by atoms with Crippen LogP contribution < -0.4 is 10.6 Å². The molecule has 2 aromatic heterocycles. The van der Waals surface area contributed by atoms with E-state index in [0.29, 0.717) is 12.5 Å². The number of hydrogen-bond acceptors (Lipinski definition) is 4. The third-order valence-corrected chi connectivity index (χ3v) is 4.32. The minimum Gasteiger partial charge on any atom is -0.359 e. The molecule has 20 heavy (non-hydrogen) atoms. The number of pyridine rings is 1. The molecule has 0 amide bonds. The number of nitrogens with zero attached hydrogens (tertiary/aromatic N) is 2. The molecule has 0 aliphatic carbocycles. The Morgan fingerprint density at radius 1 is 1.35 bits per heavy atom. The molecule has 0 aromatic carbocycles. The molecule has 108 valence electrons. The summed E-state index contributed by atoms with van der Waals surface area (Å²) >= 11 is 1.81. The number of rotatable bonds is 6. The van der Waals surface area contributed by atoms with Crippen LogP contribution in [0.2, 0.25) is 0 Å². The van der Waals surface area contributed by atoms with E-state index in [2.05, 4.69) is 55.4 Å². The Kier molecular flexibility index (Phi) is 5.15. The predicted octanol–water partition coefficient (Wildman–Crippen LogP) is 3.40. The van der Waals surface area contributed by atoms with Gasteiger partial charge >= 0.3 is 0 Å². The topological polar surface area (TPSA) is 42.1 Å². The molecule has 3 nitrogen and oxygen atoms in total. The van der Waals surface area contributed by atoms with Crippen molar-refractivity contribution in [1.29, 1.82) is 0 Å². The summed E-state index contributed by atoms with van der Waals surface area (Å²) in [5.74, 6) is 1.44. The fourth-order valence-electron chi connectivity index (χ4n) is 2.05. The van der Waals surface area contributed by atoms with Crippen molar-refractivity contribution in [3.05, 3.63) is 45.8 Å². The number of thiophene rings is 1. The molecule has 0 spiro atoms. The van der Waals surface area contributed by atoms with Crippen molar-refractivity contribution in [2.24, 2.45) is 5.73 Å². The van der Waals surface area contributed by atoms with E-state index < -0.39 is 0 Å². The first-order chi connectivity index (χ1) is 9.60. The maximum Gasteiger partial charge on any atom is 0.128 e. The highest BCUT2D eigenvalue weighted by atomic mass is 32.1. The van der Waals surface area contributed by atoms with Gasteiger partial charge in [-0.2, -0.15) is 0 Å². The third-order valence-electron chi connectivity index (χ3n) is 3.38. The quantitative estimate of drug-likeness (QED) is 0.886. The SMILES string of the molecule is CC(C)c1cc(CN)cc(N(C)CCc2cccs2)n1. The zero-order valence-electron chi connectivity index (χ0n) is 12.5. The Hall–Kier alpha value is -1.39. The monoisotopic (exact) mass is 289 g/mol. The van der Waals surface area contributed by atoms with Crippen molar-refractivity contribution in [2.75, 3.05) is 18.5 Å². The third kappa shape index (κ3) is 3.81. The molecular formula is C16H23N3S. The molecule has 2 N–H and O–H groups in total. The number of anilines is 1. The van der Waals surface area contributed by atoms with Crippen molar-refractivity contribution < 1.29 is 0 Å². The van der Waals surface area contributed by atoms with Crippen molar-refractivity contribution >= 4 is 17.2 Å². The molecule has 0 saturated carbocycles. The average Bonchev–Trinajstić information content (AvgIpc) is 2.97. The van der Waals surface area contributed by atoms with Gasteiger partial charge in [0.2, 0.25) is 0 Å². The van der Waals surface area contributed by atoms with Crippen LogP contribution in [0, 0.1) is 0 Å². The van der Waals surface area contributed by atoms with Gasteiger partial charge in [0.05, 0.1) is 0 Å². The lowest BCUT2D eigenvalue weighted by Gasteiger charge is -2.20. The summed E-state index contributed by atoms with van der Waals surface area (Å²) in [5.41, 5.74) is 8.07. The second-order valence-electron chi connectivity index (χ2n) is 5.37. The van der Waals surface area contributed by atoms with Crippen LogP contribution in [0.3, 0.4) is 0 Å². The first-order valence-corrected chi connectivity index (χ1v) is 7.92. The molecule has 0 saturated heterocycles. The molecule has 0 atom stereocenters. The van der Waals surface area contributed by atoms with Crippen LogP contribution in [-0.4, -0.2) is 18.6 Å². The highest BCUT2D eigenvalue weighted by Crippen LogP contribution is 2.20. The predicted molar refractivity (Wildman–Crippen MR) is 87.5 cm³/mol. The van der Waals surface area contributed by atoms with Gasteiger partial charge in [-0.15, -0.1) is 11.3 Å². The molecule has 2 rings (SSSR count). The van der Waals surface area contributed by atoms with Gasteiger partial charge in [0.1, 0.15) is 5.82 Å². The van der Waals surface area contributed by atoms with Crippen LogP contribution in [0.25, 0.3) is 0 Å². The summed E-state index contributed by atoms with van der Waals surface area (Å²) in [4.78, 5) is 8.38. The molecule has 2 heterocycles. The maximum atomic E-state index is 5.79. The molecule has 0 aliphatic rings. The Labute approximate surface area is 125 Å². The van der Waals surface area contributed by atoms with E-state index in [-0.39, 0.29) is 0 Å². The van der Waals surface area contributed by atoms with Gasteiger partial charge in [-0.3, -0.25) is 0 Å². The van der Waals surface area contributed by atoms with E-state index in [1.807, 2.05) is 11.3 Å². The van der Waals surface area contributed by atoms with E-state index in [1.54, 1.807) is 0 Å². The number of aromatic nitrogens is 1. The highest BCUT2D eigenvalue weighted by molar-refractivity contribution is 7.09. The van der Waals surface area contributed by atoms with Crippen LogP contribution in [0.1, 0.15) is 35.9 Å². The van der Waals surface area contributed by atoms with Gasteiger partial charge in [-0.1, -0.05) is 19.9 Å². The summed E-state index contributed by atoms with van der Waals surface area (Å²) in [7, 11) is 2.10. The van der Waals surface area contributed by atoms with Gasteiger partial charge in [-0.05, 0) is 41.5 Å². The van der Waals surface area contributed by atoms with Crippen LogP contribution in [0.4, 0.5) is 5.82 Å². The molecule has 4 heteroatoms. The van der Waals surface area contributed by atoms with Crippen LogP contribution in [0.5, 0.6) is 0 Å². The Balaban J connectivity index is 2.11. The Bertz CT molecular complexity index is 535. The summed E-state index contributed by atoms with van der Waals surface area (Å²) in [5, 5.41) is 2.12. The van der Waals surface area contributed by atoms with Crippen molar-refractivity contribution in [3.8, 4) is 0 Å². The normalized spacial score (nSPS) is 11.1. The average molecular weight is 289 g/mol. The minimum absolute atomic E-state index is 0.422. The molecule has 0 bridgehead atoms. The number of hydrogen-bond donors (Lipinski definition) is 1. The zero-order chi connectivity index (χ0) is 14.5. The molecule has 0 unspecified atom stereocenters. The largest absolute Gasteiger partial charge is 0.359 e. The fourth-order valence-corrected chi connectivity index (χ4v) is 2.75. The summed E-state index contributed by atoms with van der Waals surface area (Å²) in [6, 6.07) is 8.49. The van der Waals surface area contributed by atoms with Gasteiger partial charge in [0, 0.05) is 30.7 Å². The highest BCUT2D eigenvalue weighted by Gasteiger charge is 2.09. The van der Waals surface area contributed by atoms with E-state index in [0.717, 1.165) is 30.0 Å². The van der Waals surface area contributed by atoms with E-state index in [9.17, 15) is 0 Å². The zero-order valence-corrected chi connectivity index (χ0v) is 13.3. The Morgan fingerprint density at radius 3 is 2.75 bits per heavy atom. The van der Waals surface area contributed by atoms with Crippen LogP contribution in [0.15, 0.2) is 29.6 Å². The number of nitrogens with two attached hydrogens (primary N) is 1. The van der Waals surface area contributed by atoms with Crippen molar-refractivity contribution in [1.82, 2.24) is 4.98 Å². The molecule has 0 fully saturated rings. The second-order valence-corrected chi connectivity index (χ2v) is 6.40. The first-order valence-electron chi connectivity index (χ1n) is 7.04. The van der Waals surface area contributed by atoms with Gasteiger partial charge in [-0.25, -0.2) is 4.98 Å². The standard InChI is InChI=1S/C16H23N3S/c1-12(2)15-9-13(11-17)10-16(18-15)19(3)7-6-14-5-4-8-20-14/h4-5,8-10,12H,6-7,11,17H2,1-3H3. The molecular weight excluding hydrogens is 266 g/mol. The van der Waals surface area contributed by atoms with Crippen LogP contribution >= 0.6 is 11.3 Å². The van der Waals surface area contributed by atoms with Crippen LogP contribution in [-0.2, 0) is 13.0 Å². The van der Waals surface area contributed by atoms with E-state index in [4.69, 9.17) is 10.7 Å². The van der Waals surface area contributed by atoms with E-state index in [1.165, 1.54) is 4.88 Å². The van der Waals surface area contributed by atoms with E-state index >= 15 is 0 Å².